The summed E-state index contributed by atoms with van der Waals surface area (Å²) in [6.45, 7) is 0. The van der Waals surface area contributed by atoms with Gasteiger partial charge in [-0.05, 0) is 58.0 Å². The Hall–Kier alpha value is -2.75. The molecule has 0 saturated carbocycles. The Kier molecular flexibility index (Phi) is 9.15. The third kappa shape index (κ3) is 7.18. The molecule has 196 valence electrons. The average Bonchev–Trinajstić information content (AvgIpc) is 3.34. The number of thioether (sulfide) groups is 1. The molecule has 1 heterocycles. The first-order valence-corrected chi connectivity index (χ1v) is 14.9. The number of nitrogens with zero attached hydrogens (tertiary/aromatic N) is 2. The van der Waals surface area contributed by atoms with E-state index in [1.54, 1.807) is 12.3 Å². The van der Waals surface area contributed by atoms with Crippen LogP contribution < -0.4 is 5.32 Å². The van der Waals surface area contributed by atoms with E-state index in [9.17, 15) is 26.4 Å². The van der Waals surface area contributed by atoms with Crippen molar-refractivity contribution in [1.29, 1.82) is 5.41 Å². The smallest absolute Gasteiger partial charge is 0.418 e. The number of alkyl halides is 3. The fourth-order valence-corrected chi connectivity index (χ4v) is 4.88. The maximum Gasteiger partial charge on any atom is 0.418 e. The Balaban J connectivity index is 2.12. The molecule has 0 atom stereocenters. The van der Waals surface area contributed by atoms with Gasteiger partial charge in [-0.15, -0.1) is 11.8 Å². The number of carbonyl (C=O) groups excluding carboxylic acids is 1. The highest BCUT2D eigenvalue weighted by molar-refractivity contribution is 9.12. The summed E-state index contributed by atoms with van der Waals surface area (Å²) in [5.41, 5.74) is -1.79. The van der Waals surface area contributed by atoms with Gasteiger partial charge < -0.3 is 10.1 Å². The van der Waals surface area contributed by atoms with Crippen LogP contribution in [0.1, 0.15) is 11.4 Å². The molecule has 8 nitrogen and oxygen atoms in total. The first-order chi connectivity index (χ1) is 17.3. The number of sulfone groups is 1. The van der Waals surface area contributed by atoms with Crippen LogP contribution in [0.25, 0.3) is 16.3 Å². The number of rotatable bonds is 9. The molecule has 0 unspecified atom stereocenters. The molecule has 0 aliphatic rings. The number of para-hydroxylation sites is 1. The van der Waals surface area contributed by atoms with Crippen molar-refractivity contribution in [3.63, 3.8) is 0 Å². The second-order valence-corrected chi connectivity index (χ2v) is 11.7. The summed E-state index contributed by atoms with van der Waals surface area (Å²) in [4.78, 5) is 16.7. The summed E-state index contributed by atoms with van der Waals surface area (Å²) >= 11 is 5.18. The molecule has 0 spiro atoms. The SMILES string of the molecule is CSCOC(=O)C(=N)/C(Br)=C(\Nc1ccccc1C(F)(F)F)c1nsc(-c2cccc(S(C)(=O)=O)c2)n1. The van der Waals surface area contributed by atoms with E-state index in [2.05, 4.69) is 30.6 Å². The number of hydrogen-bond donors (Lipinski definition) is 2. The highest BCUT2D eigenvalue weighted by Crippen LogP contribution is 2.37. The Labute approximate surface area is 227 Å². The largest absolute Gasteiger partial charge is 0.450 e. The lowest BCUT2D eigenvalue weighted by Crippen LogP contribution is -2.19. The summed E-state index contributed by atoms with van der Waals surface area (Å²) in [5.74, 6) is -1.17. The van der Waals surface area contributed by atoms with E-state index >= 15 is 0 Å². The van der Waals surface area contributed by atoms with Crippen molar-refractivity contribution in [1.82, 2.24) is 9.36 Å². The second kappa shape index (κ2) is 11.8. The van der Waals surface area contributed by atoms with Crippen LogP contribution in [0.15, 0.2) is 57.9 Å². The van der Waals surface area contributed by atoms with E-state index in [0.717, 1.165) is 23.9 Å². The van der Waals surface area contributed by atoms with Crippen molar-refractivity contribution in [2.75, 3.05) is 23.8 Å². The van der Waals surface area contributed by atoms with Crippen LogP contribution in [0.3, 0.4) is 0 Å². The van der Waals surface area contributed by atoms with Gasteiger partial charge in [-0.25, -0.2) is 18.2 Å². The molecule has 2 N–H and O–H groups in total. The van der Waals surface area contributed by atoms with Gasteiger partial charge in [0.15, 0.2) is 21.4 Å². The number of esters is 1. The van der Waals surface area contributed by atoms with Crippen molar-refractivity contribution in [2.24, 2.45) is 0 Å². The number of halogens is 4. The zero-order valence-corrected chi connectivity index (χ0v) is 23.1. The van der Waals surface area contributed by atoms with E-state index in [1.165, 1.54) is 48.2 Å². The Morgan fingerprint density at radius 2 is 1.92 bits per heavy atom. The molecule has 0 bridgehead atoms. The van der Waals surface area contributed by atoms with Gasteiger partial charge in [0.05, 0.1) is 20.6 Å². The lowest BCUT2D eigenvalue weighted by molar-refractivity contribution is -0.137. The van der Waals surface area contributed by atoms with Crippen LogP contribution >= 0.6 is 39.2 Å². The van der Waals surface area contributed by atoms with Gasteiger partial charge in [0.2, 0.25) is 0 Å². The number of ether oxygens (including phenoxy) is 1. The van der Waals surface area contributed by atoms with E-state index in [0.29, 0.717) is 5.56 Å². The maximum atomic E-state index is 13.6. The molecule has 3 rings (SSSR count). The summed E-state index contributed by atoms with van der Waals surface area (Å²) in [7, 11) is -3.50. The number of carbonyl (C=O) groups is 1. The van der Waals surface area contributed by atoms with Crippen molar-refractivity contribution < 1.29 is 31.1 Å². The Morgan fingerprint density at radius 1 is 1.22 bits per heavy atom. The molecule has 0 radical (unpaired) electrons. The van der Waals surface area contributed by atoms with Crippen molar-refractivity contribution in [3.8, 4) is 10.6 Å². The number of benzene rings is 2. The van der Waals surface area contributed by atoms with Gasteiger partial charge in [-0.1, -0.05) is 24.3 Å². The Bertz CT molecular complexity index is 1470. The van der Waals surface area contributed by atoms with Crippen LogP contribution in [-0.2, 0) is 25.5 Å². The fourth-order valence-electron chi connectivity index (χ4n) is 2.88. The Morgan fingerprint density at radius 3 is 2.57 bits per heavy atom. The second-order valence-electron chi connectivity index (χ2n) is 7.29. The quantitative estimate of drug-likeness (QED) is 0.175. The predicted octanol–water partition coefficient (Wildman–Crippen LogP) is 5.69. The van der Waals surface area contributed by atoms with Gasteiger partial charge >= 0.3 is 12.1 Å². The van der Waals surface area contributed by atoms with E-state index < -0.39 is 33.3 Å². The van der Waals surface area contributed by atoms with E-state index in [4.69, 9.17) is 10.1 Å². The predicted molar refractivity (Wildman–Crippen MR) is 142 cm³/mol. The van der Waals surface area contributed by atoms with Crippen LogP contribution in [0, 0.1) is 5.41 Å². The van der Waals surface area contributed by atoms with E-state index in [-0.39, 0.29) is 37.5 Å². The molecular formula is C22H18BrF3N4O4S3. The third-order valence-electron chi connectivity index (χ3n) is 4.60. The minimum Gasteiger partial charge on any atom is -0.450 e. The highest BCUT2D eigenvalue weighted by Gasteiger charge is 2.34. The highest BCUT2D eigenvalue weighted by atomic mass is 79.9. The lowest BCUT2D eigenvalue weighted by Gasteiger charge is -2.16. The van der Waals surface area contributed by atoms with Crippen LogP contribution in [0.4, 0.5) is 18.9 Å². The maximum absolute atomic E-state index is 13.6. The first-order valence-electron chi connectivity index (χ1n) is 10.1. The van der Waals surface area contributed by atoms with Crippen molar-refractivity contribution in [3.05, 3.63) is 64.4 Å². The van der Waals surface area contributed by atoms with Gasteiger partial charge in [0.25, 0.3) is 0 Å². The molecule has 0 fully saturated rings. The molecule has 2 aromatic carbocycles. The standard InChI is InChI=1S/C22H18BrF3N4O4S3/c1-35-11-34-21(31)17(27)16(23)18(28-15-9-4-3-8-14(15)22(24,25)26)19-29-20(36-30-19)12-6-5-7-13(10-12)37(2,32)33/h3-10,27-28H,11H2,1-2H3/b18-16+,27-17?. The van der Waals surface area contributed by atoms with Crippen molar-refractivity contribution in [2.45, 2.75) is 11.1 Å². The molecule has 15 heteroatoms. The minimum atomic E-state index is -4.70. The normalized spacial score (nSPS) is 12.6. The summed E-state index contributed by atoms with van der Waals surface area (Å²) in [5, 5.41) is 11.1. The molecule has 0 saturated heterocycles. The molecule has 37 heavy (non-hydrogen) atoms. The topological polar surface area (TPSA) is 122 Å². The molecular weight excluding hydrogens is 617 g/mol. The molecule has 0 aliphatic carbocycles. The zero-order chi connectivity index (χ0) is 27.4. The first kappa shape index (κ1) is 28.8. The average molecular weight is 636 g/mol. The summed E-state index contributed by atoms with van der Waals surface area (Å²) in [6.07, 6.45) is -1.96. The van der Waals surface area contributed by atoms with Crippen LogP contribution in [-0.4, -0.2) is 47.9 Å². The number of aromatic nitrogens is 2. The number of anilines is 1. The minimum absolute atomic E-state index is 0.0308. The molecule has 1 aromatic heterocycles. The number of nitrogens with one attached hydrogen (secondary N) is 2. The van der Waals surface area contributed by atoms with Gasteiger partial charge in [-0.2, -0.15) is 17.5 Å². The van der Waals surface area contributed by atoms with Gasteiger partial charge in [-0.3, -0.25) is 5.41 Å². The summed E-state index contributed by atoms with van der Waals surface area (Å²) < 4.78 is 73.6. The molecule has 0 amide bonds. The summed E-state index contributed by atoms with van der Waals surface area (Å²) in [6, 6.07) is 10.6. The van der Waals surface area contributed by atoms with Gasteiger partial charge in [0.1, 0.15) is 16.6 Å². The molecule has 3 aromatic rings. The van der Waals surface area contributed by atoms with E-state index in [1.807, 2.05) is 0 Å². The number of hydrogen-bond acceptors (Lipinski definition) is 10. The molecule has 0 aliphatic heterocycles. The monoisotopic (exact) mass is 634 g/mol. The van der Waals surface area contributed by atoms with Crippen LogP contribution in [0.2, 0.25) is 0 Å². The fraction of sp³-hybridized carbons (Fsp3) is 0.182. The lowest BCUT2D eigenvalue weighted by atomic mass is 10.1. The van der Waals surface area contributed by atoms with Gasteiger partial charge in [0, 0.05) is 11.8 Å². The zero-order valence-electron chi connectivity index (χ0n) is 19.1. The van der Waals surface area contributed by atoms with Crippen molar-refractivity contribution >= 4 is 72.1 Å². The van der Waals surface area contributed by atoms with Crippen LogP contribution in [0.5, 0.6) is 0 Å². The third-order valence-corrected chi connectivity index (χ3v) is 7.62.